The SMILES string of the molecule is Cc1cc(C(C)(C(F)(F)F)C(F)(F)F)ncc1-c1sc(C(=O)NCC(C)(C)O)nc1C(=O)N1CCCC[C@@H]1C. The van der Waals surface area contributed by atoms with Crippen LogP contribution in [0.1, 0.15) is 78.5 Å². The fraction of sp³-hybridized carbons (Fsp3) is 0.600. The lowest BCUT2D eigenvalue weighted by molar-refractivity contribution is -0.298. The highest BCUT2D eigenvalue weighted by atomic mass is 32.1. The smallest absolute Gasteiger partial charge is 0.389 e. The molecule has 1 aliphatic heterocycles. The lowest BCUT2D eigenvalue weighted by atomic mass is 9.83. The van der Waals surface area contributed by atoms with E-state index in [1.165, 1.54) is 20.8 Å². The van der Waals surface area contributed by atoms with Crippen molar-refractivity contribution >= 4 is 23.2 Å². The number of hydrogen-bond donors (Lipinski definition) is 2. The van der Waals surface area contributed by atoms with Gasteiger partial charge in [-0.25, -0.2) is 4.98 Å². The van der Waals surface area contributed by atoms with Crippen LogP contribution in [0.25, 0.3) is 10.4 Å². The first kappa shape index (κ1) is 30.8. The average Bonchev–Trinajstić information content (AvgIpc) is 3.25. The van der Waals surface area contributed by atoms with Crippen LogP contribution in [0, 0.1) is 6.92 Å². The summed E-state index contributed by atoms with van der Waals surface area (Å²) in [5, 5.41) is 12.3. The number of aromatic nitrogens is 2. The molecule has 3 heterocycles. The number of nitrogens with one attached hydrogen (secondary N) is 1. The van der Waals surface area contributed by atoms with Gasteiger partial charge in [-0.2, -0.15) is 26.3 Å². The van der Waals surface area contributed by atoms with E-state index in [1.807, 2.05) is 6.92 Å². The van der Waals surface area contributed by atoms with Crippen molar-refractivity contribution in [1.82, 2.24) is 20.2 Å². The summed E-state index contributed by atoms with van der Waals surface area (Å²) in [6, 6.07) is 0.566. The summed E-state index contributed by atoms with van der Waals surface area (Å²) < 4.78 is 81.7. The second kappa shape index (κ2) is 10.7. The number of aliphatic hydroxyl groups is 1. The fourth-order valence-electron chi connectivity index (χ4n) is 4.17. The summed E-state index contributed by atoms with van der Waals surface area (Å²) in [6.07, 6.45) is -8.09. The molecule has 2 amide bonds. The molecule has 216 valence electrons. The van der Waals surface area contributed by atoms with Crippen molar-refractivity contribution < 1.29 is 41.0 Å². The van der Waals surface area contributed by atoms with Gasteiger partial charge in [-0.3, -0.25) is 14.6 Å². The number of pyridine rings is 1. The Hall–Kier alpha value is -2.74. The molecule has 0 saturated carbocycles. The molecule has 14 heteroatoms. The van der Waals surface area contributed by atoms with Crippen LogP contribution in [0.4, 0.5) is 26.3 Å². The van der Waals surface area contributed by atoms with Crippen LogP contribution in [-0.4, -0.2) is 68.9 Å². The molecular weight excluding hydrogens is 550 g/mol. The number of alkyl halides is 6. The van der Waals surface area contributed by atoms with Gasteiger partial charge in [0.1, 0.15) is 5.69 Å². The van der Waals surface area contributed by atoms with Gasteiger partial charge in [0.2, 0.25) is 0 Å². The van der Waals surface area contributed by atoms with Crippen molar-refractivity contribution in [3.05, 3.63) is 34.2 Å². The normalized spacial score (nSPS) is 17.3. The molecule has 0 unspecified atom stereocenters. The van der Waals surface area contributed by atoms with Gasteiger partial charge in [-0.15, -0.1) is 11.3 Å². The zero-order chi connectivity index (χ0) is 29.6. The van der Waals surface area contributed by atoms with Crippen molar-refractivity contribution in [3.8, 4) is 10.4 Å². The molecule has 2 N–H and O–H groups in total. The molecule has 1 atom stereocenters. The van der Waals surface area contributed by atoms with Gasteiger partial charge >= 0.3 is 12.4 Å². The molecule has 1 fully saturated rings. The Balaban J connectivity index is 2.13. The summed E-state index contributed by atoms with van der Waals surface area (Å²) >= 11 is 0.767. The molecule has 2 aromatic heterocycles. The zero-order valence-corrected chi connectivity index (χ0v) is 22.9. The van der Waals surface area contributed by atoms with Gasteiger partial charge in [0.25, 0.3) is 11.8 Å². The largest absolute Gasteiger partial charge is 0.408 e. The predicted molar refractivity (Wildman–Crippen MR) is 133 cm³/mol. The highest BCUT2D eigenvalue weighted by Gasteiger charge is 2.69. The van der Waals surface area contributed by atoms with Crippen LogP contribution in [-0.2, 0) is 5.41 Å². The summed E-state index contributed by atoms with van der Waals surface area (Å²) in [5.41, 5.74) is -6.77. The van der Waals surface area contributed by atoms with Crippen molar-refractivity contribution in [2.24, 2.45) is 0 Å². The number of halogens is 6. The number of nitrogens with zero attached hydrogens (tertiary/aromatic N) is 3. The Morgan fingerprint density at radius 1 is 1.13 bits per heavy atom. The monoisotopic (exact) mass is 580 g/mol. The third kappa shape index (κ3) is 6.21. The maximum absolute atomic E-state index is 13.6. The number of amides is 2. The van der Waals surface area contributed by atoms with Gasteiger partial charge in [0.05, 0.1) is 16.2 Å². The number of rotatable bonds is 6. The first-order valence-electron chi connectivity index (χ1n) is 12.2. The van der Waals surface area contributed by atoms with Crippen LogP contribution >= 0.6 is 11.3 Å². The molecule has 0 aromatic carbocycles. The minimum absolute atomic E-state index is 0.00688. The van der Waals surface area contributed by atoms with Gasteiger partial charge in [-0.1, -0.05) is 0 Å². The number of piperidine rings is 1. The Bertz CT molecular complexity index is 1220. The van der Waals surface area contributed by atoms with Crippen LogP contribution in [0.2, 0.25) is 0 Å². The number of aryl methyl sites for hydroxylation is 1. The Morgan fingerprint density at radius 2 is 1.74 bits per heavy atom. The van der Waals surface area contributed by atoms with Crippen LogP contribution < -0.4 is 5.32 Å². The summed E-state index contributed by atoms with van der Waals surface area (Å²) in [6.45, 7) is 6.44. The van der Waals surface area contributed by atoms with Crippen molar-refractivity contribution in [1.29, 1.82) is 0 Å². The fourth-order valence-corrected chi connectivity index (χ4v) is 5.22. The Kier molecular flexibility index (Phi) is 8.43. The van der Waals surface area contributed by atoms with E-state index < -0.39 is 40.9 Å². The lowest BCUT2D eigenvalue weighted by Gasteiger charge is -2.34. The Morgan fingerprint density at radius 3 is 2.26 bits per heavy atom. The van der Waals surface area contributed by atoms with Crippen LogP contribution in [0.5, 0.6) is 0 Å². The molecule has 0 aliphatic carbocycles. The number of carbonyl (C=O) groups is 2. The van der Waals surface area contributed by atoms with Gasteiger partial charge in [0.15, 0.2) is 10.4 Å². The Labute approximate surface area is 225 Å². The minimum Gasteiger partial charge on any atom is -0.389 e. The van der Waals surface area contributed by atoms with Crippen LogP contribution in [0.3, 0.4) is 0 Å². The first-order chi connectivity index (χ1) is 17.8. The average molecular weight is 581 g/mol. The highest BCUT2D eigenvalue weighted by Crippen LogP contribution is 2.51. The second-order valence-corrected chi connectivity index (χ2v) is 11.5. The summed E-state index contributed by atoms with van der Waals surface area (Å²) in [7, 11) is 0. The summed E-state index contributed by atoms with van der Waals surface area (Å²) in [5.74, 6) is -1.20. The van der Waals surface area contributed by atoms with Crippen molar-refractivity contribution in [2.45, 2.75) is 83.3 Å². The lowest BCUT2D eigenvalue weighted by Crippen LogP contribution is -2.52. The van der Waals surface area contributed by atoms with E-state index in [0.29, 0.717) is 12.6 Å². The van der Waals surface area contributed by atoms with E-state index in [0.717, 1.165) is 36.8 Å². The molecule has 1 aliphatic rings. The van der Waals surface area contributed by atoms with Gasteiger partial charge < -0.3 is 15.3 Å². The van der Waals surface area contributed by atoms with Crippen molar-refractivity contribution in [3.63, 3.8) is 0 Å². The van der Waals surface area contributed by atoms with Crippen molar-refractivity contribution in [2.75, 3.05) is 13.1 Å². The number of hydrogen-bond acceptors (Lipinski definition) is 6. The van der Waals surface area contributed by atoms with E-state index in [4.69, 9.17) is 0 Å². The topological polar surface area (TPSA) is 95.4 Å². The molecule has 39 heavy (non-hydrogen) atoms. The van der Waals surface area contributed by atoms with Gasteiger partial charge in [0, 0.05) is 30.9 Å². The maximum atomic E-state index is 13.6. The van der Waals surface area contributed by atoms with Gasteiger partial charge in [-0.05, 0) is 65.5 Å². The van der Waals surface area contributed by atoms with E-state index in [1.54, 1.807) is 4.90 Å². The van der Waals surface area contributed by atoms with E-state index in [2.05, 4.69) is 15.3 Å². The first-order valence-corrected chi connectivity index (χ1v) is 13.0. The maximum Gasteiger partial charge on any atom is 0.408 e. The molecule has 7 nitrogen and oxygen atoms in total. The molecule has 1 saturated heterocycles. The predicted octanol–water partition coefficient (Wildman–Crippen LogP) is 5.41. The molecule has 2 aromatic rings. The number of thiazole rings is 1. The molecule has 0 bridgehead atoms. The number of likely N-dealkylation sites (tertiary alicyclic amines) is 1. The third-order valence-electron chi connectivity index (χ3n) is 6.77. The molecule has 0 radical (unpaired) electrons. The zero-order valence-electron chi connectivity index (χ0n) is 22.0. The number of carbonyl (C=O) groups excluding carboxylic acids is 2. The third-order valence-corrected chi connectivity index (χ3v) is 7.86. The molecule has 0 spiro atoms. The minimum atomic E-state index is -5.67. The standard InChI is InChI=1S/C25H30F6N4O3S/c1-13-10-16(23(5,24(26,27)28)25(29,30)31)32-11-15(13)18-17(21(37)35-9-7-6-8-14(35)2)34-20(39-18)19(36)33-12-22(3,4)38/h10-11,14,38H,6-9,12H2,1-5H3,(H,33,36)/t14-/m0/s1. The summed E-state index contributed by atoms with van der Waals surface area (Å²) in [4.78, 5) is 35.8. The van der Waals surface area contributed by atoms with E-state index in [-0.39, 0.29) is 46.2 Å². The second-order valence-electron chi connectivity index (χ2n) is 10.5. The van der Waals surface area contributed by atoms with Crippen LogP contribution in [0.15, 0.2) is 12.3 Å². The quantitative estimate of drug-likeness (QED) is 0.446. The molecular formula is C25H30F6N4O3S. The highest BCUT2D eigenvalue weighted by molar-refractivity contribution is 7.17. The van der Waals surface area contributed by atoms with E-state index in [9.17, 15) is 41.0 Å². The van der Waals surface area contributed by atoms with E-state index >= 15 is 0 Å². The molecule has 3 rings (SSSR count).